The molecular weight excluding hydrogens is 462 g/mol. The van der Waals surface area contributed by atoms with Crippen molar-refractivity contribution in [2.24, 2.45) is 5.92 Å². The first-order valence-corrected chi connectivity index (χ1v) is 14.0. The molecule has 1 heterocycles. The van der Waals surface area contributed by atoms with Gasteiger partial charge in [-0.3, -0.25) is 4.79 Å². The van der Waals surface area contributed by atoms with Crippen LogP contribution in [0.15, 0.2) is 82.6 Å². The first-order valence-electron chi connectivity index (χ1n) is 13.2. The molecule has 1 N–H and O–H groups in total. The lowest BCUT2D eigenvalue weighted by molar-refractivity contribution is 0.0784. The molecule has 1 aliphatic heterocycles. The van der Waals surface area contributed by atoms with Gasteiger partial charge in [-0.15, -0.1) is 0 Å². The molecule has 2 aliphatic rings. The summed E-state index contributed by atoms with van der Waals surface area (Å²) < 4.78 is 0. The summed E-state index contributed by atoms with van der Waals surface area (Å²) in [7, 11) is 1.79. The number of phenolic OH excluding ortho intramolecular Hbond substituents is 1. The Morgan fingerprint density at radius 2 is 1.72 bits per heavy atom. The molecule has 4 heteroatoms. The Labute approximate surface area is 219 Å². The molecular formula is C32H35NO2S. The molecule has 1 saturated carbocycles. The van der Waals surface area contributed by atoms with Crippen LogP contribution in [0.25, 0.3) is 5.57 Å². The molecule has 1 amide bonds. The van der Waals surface area contributed by atoms with Crippen LogP contribution >= 0.6 is 11.8 Å². The van der Waals surface area contributed by atoms with E-state index in [2.05, 4.69) is 42.5 Å². The number of aryl methyl sites for hydroxylation is 1. The Kier molecular flexibility index (Phi) is 7.81. The molecule has 0 bridgehead atoms. The summed E-state index contributed by atoms with van der Waals surface area (Å²) in [6, 6.07) is 22.2. The van der Waals surface area contributed by atoms with Gasteiger partial charge in [0.05, 0.1) is 0 Å². The normalized spacial score (nSPS) is 17.9. The fourth-order valence-corrected chi connectivity index (χ4v) is 6.68. The minimum absolute atomic E-state index is 0.0250. The quantitative estimate of drug-likeness (QED) is 0.396. The van der Waals surface area contributed by atoms with Crippen molar-refractivity contribution in [3.05, 3.63) is 95.1 Å². The topological polar surface area (TPSA) is 40.5 Å². The third-order valence-electron chi connectivity index (χ3n) is 7.53. The maximum atomic E-state index is 13.3. The number of aromatic hydroxyl groups is 1. The molecule has 5 rings (SSSR count). The molecule has 3 aromatic rings. The number of carbonyl (C=O) groups is 1. The fourth-order valence-electron chi connectivity index (χ4n) is 5.57. The van der Waals surface area contributed by atoms with Gasteiger partial charge in [-0.1, -0.05) is 73.5 Å². The number of hydrogen-bond acceptors (Lipinski definition) is 3. The molecule has 0 radical (unpaired) electrons. The zero-order valence-corrected chi connectivity index (χ0v) is 21.9. The van der Waals surface area contributed by atoms with Crippen molar-refractivity contribution in [1.29, 1.82) is 0 Å². The Morgan fingerprint density at radius 1 is 0.944 bits per heavy atom. The van der Waals surface area contributed by atoms with Gasteiger partial charge in [0.1, 0.15) is 5.75 Å². The van der Waals surface area contributed by atoms with Crippen LogP contribution in [0, 0.1) is 5.92 Å². The van der Waals surface area contributed by atoms with Crippen molar-refractivity contribution in [3.63, 3.8) is 0 Å². The van der Waals surface area contributed by atoms with Crippen LogP contribution < -0.4 is 0 Å². The molecule has 186 valence electrons. The van der Waals surface area contributed by atoms with E-state index in [4.69, 9.17) is 0 Å². The fraction of sp³-hybridized carbons (Fsp3) is 0.344. The Morgan fingerprint density at radius 3 is 2.56 bits per heavy atom. The van der Waals surface area contributed by atoms with Crippen molar-refractivity contribution in [1.82, 2.24) is 4.90 Å². The van der Waals surface area contributed by atoms with Gasteiger partial charge in [0.2, 0.25) is 0 Å². The smallest absolute Gasteiger partial charge is 0.253 e. The lowest BCUT2D eigenvalue weighted by atomic mass is 9.80. The number of carbonyl (C=O) groups excluding carboxylic acids is 1. The van der Waals surface area contributed by atoms with Crippen LogP contribution in [0.5, 0.6) is 5.75 Å². The first kappa shape index (κ1) is 24.7. The van der Waals surface area contributed by atoms with Crippen molar-refractivity contribution < 1.29 is 9.90 Å². The Bertz CT molecular complexity index is 1260. The van der Waals surface area contributed by atoms with E-state index in [-0.39, 0.29) is 11.7 Å². The molecule has 0 atom stereocenters. The largest absolute Gasteiger partial charge is 0.508 e. The van der Waals surface area contributed by atoms with Gasteiger partial charge < -0.3 is 10.0 Å². The average molecular weight is 498 g/mol. The van der Waals surface area contributed by atoms with Crippen LogP contribution in [0.3, 0.4) is 0 Å². The summed E-state index contributed by atoms with van der Waals surface area (Å²) in [5.41, 5.74) is 5.64. The summed E-state index contributed by atoms with van der Waals surface area (Å²) in [5.74, 6) is 0.875. The molecule has 0 spiro atoms. The van der Waals surface area contributed by atoms with Gasteiger partial charge >= 0.3 is 0 Å². The van der Waals surface area contributed by atoms with E-state index in [1.807, 2.05) is 30.0 Å². The van der Waals surface area contributed by atoms with E-state index < -0.39 is 0 Å². The Hall–Kier alpha value is -2.98. The summed E-state index contributed by atoms with van der Waals surface area (Å²) in [6.45, 7) is 0.374. The maximum Gasteiger partial charge on any atom is 0.253 e. The van der Waals surface area contributed by atoms with Crippen LogP contribution in [-0.4, -0.2) is 23.0 Å². The molecule has 0 unspecified atom stereocenters. The van der Waals surface area contributed by atoms with Gasteiger partial charge in [-0.2, -0.15) is 0 Å². The van der Waals surface area contributed by atoms with Crippen LogP contribution in [0.4, 0.5) is 0 Å². The summed E-state index contributed by atoms with van der Waals surface area (Å²) in [5, 5.41) is 10.1. The minimum Gasteiger partial charge on any atom is -0.508 e. The molecule has 1 aliphatic carbocycles. The number of phenols is 1. The van der Waals surface area contributed by atoms with Gasteiger partial charge in [-0.05, 0) is 85.1 Å². The number of nitrogens with zero attached hydrogens (tertiary/aromatic N) is 1. The lowest BCUT2D eigenvalue weighted by Crippen LogP contribution is -2.26. The van der Waals surface area contributed by atoms with Crippen molar-refractivity contribution in [2.75, 3.05) is 7.05 Å². The van der Waals surface area contributed by atoms with Crippen molar-refractivity contribution in [3.8, 4) is 5.75 Å². The van der Waals surface area contributed by atoms with E-state index >= 15 is 0 Å². The summed E-state index contributed by atoms with van der Waals surface area (Å²) >= 11 is 1.84. The van der Waals surface area contributed by atoms with Gasteiger partial charge in [-0.25, -0.2) is 0 Å². The Balaban J connectivity index is 1.40. The van der Waals surface area contributed by atoms with E-state index in [1.165, 1.54) is 53.0 Å². The number of fused-ring (bicyclic) bond motifs is 2. The number of para-hydroxylation sites is 1. The molecule has 3 aromatic carbocycles. The third kappa shape index (κ3) is 5.54. The lowest BCUT2D eigenvalue weighted by Gasteiger charge is -2.27. The second-order valence-electron chi connectivity index (χ2n) is 10.1. The van der Waals surface area contributed by atoms with Gasteiger partial charge in [0, 0.05) is 34.5 Å². The highest BCUT2D eigenvalue weighted by molar-refractivity contribution is 7.99. The first-order chi connectivity index (χ1) is 17.6. The number of amides is 1. The monoisotopic (exact) mass is 497 g/mol. The molecule has 0 aromatic heterocycles. The molecule has 36 heavy (non-hydrogen) atoms. The average Bonchev–Trinajstić information content (AvgIpc) is 2.91. The van der Waals surface area contributed by atoms with Gasteiger partial charge in [0.15, 0.2) is 0 Å². The van der Waals surface area contributed by atoms with Crippen LogP contribution in [-0.2, 0) is 13.0 Å². The molecule has 0 saturated heterocycles. The predicted octanol–water partition coefficient (Wildman–Crippen LogP) is 8.12. The second-order valence-corrected chi connectivity index (χ2v) is 11.2. The second kappa shape index (κ2) is 11.4. The highest BCUT2D eigenvalue weighted by atomic mass is 32.2. The SMILES string of the molecule is CN(Cc1ccccc1O)C(=O)c1ccc2c(c1)CCC/C=C(/C1CCCCC1)c1ccccc1S2. The molecule has 3 nitrogen and oxygen atoms in total. The zero-order chi connectivity index (χ0) is 24.9. The summed E-state index contributed by atoms with van der Waals surface area (Å²) in [6.07, 6.45) is 12.3. The van der Waals surface area contributed by atoms with Crippen molar-refractivity contribution in [2.45, 2.75) is 67.7 Å². The van der Waals surface area contributed by atoms with Crippen molar-refractivity contribution >= 4 is 23.2 Å². The predicted molar refractivity (Wildman–Crippen MR) is 148 cm³/mol. The van der Waals surface area contributed by atoms with Crippen LogP contribution in [0.2, 0.25) is 0 Å². The highest BCUT2D eigenvalue weighted by Gasteiger charge is 2.23. The van der Waals surface area contributed by atoms with E-state index in [0.29, 0.717) is 18.0 Å². The number of allylic oxidation sites excluding steroid dienone is 2. The molecule has 1 fully saturated rings. The van der Waals surface area contributed by atoms with Crippen LogP contribution in [0.1, 0.15) is 72.0 Å². The number of benzene rings is 3. The van der Waals surface area contributed by atoms with E-state index in [9.17, 15) is 9.90 Å². The minimum atomic E-state index is -0.0250. The third-order valence-corrected chi connectivity index (χ3v) is 8.72. The zero-order valence-electron chi connectivity index (χ0n) is 21.1. The number of rotatable bonds is 4. The maximum absolute atomic E-state index is 13.3. The number of hydrogen-bond donors (Lipinski definition) is 1. The van der Waals surface area contributed by atoms with Gasteiger partial charge in [0.25, 0.3) is 5.91 Å². The van der Waals surface area contributed by atoms with E-state index in [0.717, 1.165) is 24.8 Å². The standard InChI is InChI=1S/C32H35NO2S/c1-33(22-26-14-6-9-17-29(26)34)32(35)25-19-20-30-24(21-25)13-5-7-15-27(23-11-3-2-4-12-23)28-16-8-10-18-31(28)36-30/h6,8-10,14-21,23,34H,2-5,7,11-13,22H2,1H3/b27-15-. The summed E-state index contributed by atoms with van der Waals surface area (Å²) in [4.78, 5) is 17.5. The highest BCUT2D eigenvalue weighted by Crippen LogP contribution is 2.43. The van der Waals surface area contributed by atoms with E-state index in [1.54, 1.807) is 29.7 Å².